The Morgan fingerprint density at radius 3 is 2.71 bits per heavy atom. The minimum Gasteiger partial charge on any atom is -0.492 e. The molecule has 1 saturated heterocycles. The van der Waals surface area contributed by atoms with Gasteiger partial charge in [0.15, 0.2) is 0 Å². The number of rotatable bonds is 5. The lowest BCUT2D eigenvalue weighted by molar-refractivity contribution is -0.135. The summed E-state index contributed by atoms with van der Waals surface area (Å²) in [5.41, 5.74) is 5.89. The van der Waals surface area contributed by atoms with Crippen LogP contribution >= 0.6 is 12.2 Å². The summed E-state index contributed by atoms with van der Waals surface area (Å²) in [6, 6.07) is 7.39. The summed E-state index contributed by atoms with van der Waals surface area (Å²) in [4.78, 5) is 14.4. The Balaban J connectivity index is 1.86. The third-order valence-electron chi connectivity index (χ3n) is 3.78. The van der Waals surface area contributed by atoms with Crippen LogP contribution in [0.1, 0.15) is 19.4 Å². The van der Waals surface area contributed by atoms with E-state index in [2.05, 4.69) is 10.2 Å². The van der Waals surface area contributed by atoms with Crippen LogP contribution in [-0.4, -0.2) is 47.6 Å². The molecule has 1 aliphatic rings. The second kappa shape index (κ2) is 6.41. The number of nitrogens with two attached hydrogens (primary N) is 1. The zero-order valence-electron chi connectivity index (χ0n) is 12.4. The average Bonchev–Trinajstić information content (AvgIpc) is 2.44. The van der Waals surface area contributed by atoms with Crippen LogP contribution in [-0.2, 0) is 4.79 Å². The van der Waals surface area contributed by atoms with Gasteiger partial charge in [-0.1, -0.05) is 12.2 Å². The second-order valence-electron chi connectivity index (χ2n) is 5.54. The number of ether oxygens (including phenoxy) is 1. The Labute approximate surface area is 130 Å². The van der Waals surface area contributed by atoms with E-state index < -0.39 is 5.54 Å². The molecule has 0 unspecified atom stereocenters. The Morgan fingerprint density at radius 1 is 1.43 bits per heavy atom. The molecule has 0 atom stereocenters. The van der Waals surface area contributed by atoms with E-state index in [1.807, 2.05) is 38.1 Å². The van der Waals surface area contributed by atoms with Gasteiger partial charge in [-0.2, -0.15) is 0 Å². The van der Waals surface area contributed by atoms with E-state index in [4.69, 9.17) is 22.7 Å². The molecule has 3 N–H and O–H groups in total. The predicted molar refractivity (Wildman–Crippen MR) is 86.5 cm³/mol. The van der Waals surface area contributed by atoms with Crippen LogP contribution < -0.4 is 15.8 Å². The van der Waals surface area contributed by atoms with Crippen LogP contribution in [0.3, 0.4) is 0 Å². The molecule has 1 aromatic rings. The van der Waals surface area contributed by atoms with Gasteiger partial charge in [0.25, 0.3) is 0 Å². The Morgan fingerprint density at radius 2 is 2.10 bits per heavy atom. The molecular formula is C15H21N3O2S. The Kier molecular flexibility index (Phi) is 4.80. The lowest BCUT2D eigenvalue weighted by Crippen LogP contribution is -2.62. The molecule has 0 saturated carbocycles. The van der Waals surface area contributed by atoms with E-state index in [0.717, 1.165) is 17.9 Å². The first-order valence-corrected chi connectivity index (χ1v) is 7.38. The lowest BCUT2D eigenvalue weighted by Gasteiger charge is -2.41. The van der Waals surface area contributed by atoms with E-state index in [-0.39, 0.29) is 5.91 Å². The minimum atomic E-state index is -0.489. The Bertz CT molecular complexity index is 528. The highest BCUT2D eigenvalue weighted by Crippen LogP contribution is 2.18. The number of hydrogen-bond acceptors (Lipinski definition) is 4. The van der Waals surface area contributed by atoms with E-state index in [0.29, 0.717) is 24.7 Å². The van der Waals surface area contributed by atoms with Crippen molar-refractivity contribution in [1.29, 1.82) is 0 Å². The summed E-state index contributed by atoms with van der Waals surface area (Å²) < 4.78 is 5.71. The lowest BCUT2D eigenvalue weighted by atomic mass is 9.99. The molecule has 2 rings (SSSR count). The van der Waals surface area contributed by atoms with Crippen LogP contribution in [0.5, 0.6) is 5.75 Å². The van der Waals surface area contributed by atoms with E-state index in [1.165, 1.54) is 0 Å². The largest absolute Gasteiger partial charge is 0.492 e. The van der Waals surface area contributed by atoms with Gasteiger partial charge in [-0.05, 0) is 38.1 Å². The molecule has 0 bridgehead atoms. The second-order valence-corrected chi connectivity index (χ2v) is 5.98. The summed E-state index contributed by atoms with van der Waals surface area (Å²) in [6.45, 7) is 6.62. The number of carbonyl (C=O) groups excluding carboxylic acids is 1. The molecule has 0 aliphatic carbocycles. The SMILES string of the molecule is CC1(C)C(=O)NCCN1CCOc1ccc(C(N)=S)cc1. The number of benzene rings is 1. The number of carbonyl (C=O) groups is 1. The fourth-order valence-electron chi connectivity index (χ4n) is 2.32. The molecule has 1 fully saturated rings. The van der Waals surface area contributed by atoms with Crippen LogP contribution in [0.25, 0.3) is 0 Å². The monoisotopic (exact) mass is 307 g/mol. The minimum absolute atomic E-state index is 0.0644. The van der Waals surface area contributed by atoms with Crippen LogP contribution in [0.2, 0.25) is 0 Å². The number of hydrogen-bond donors (Lipinski definition) is 2. The highest BCUT2D eigenvalue weighted by atomic mass is 32.1. The van der Waals surface area contributed by atoms with Crippen molar-refractivity contribution < 1.29 is 9.53 Å². The molecule has 0 aromatic heterocycles. The smallest absolute Gasteiger partial charge is 0.240 e. The Hall–Kier alpha value is -1.66. The van der Waals surface area contributed by atoms with Gasteiger partial charge in [-0.25, -0.2) is 0 Å². The molecule has 5 nitrogen and oxygen atoms in total. The molecule has 1 aromatic carbocycles. The topological polar surface area (TPSA) is 67.6 Å². The van der Waals surface area contributed by atoms with Crippen molar-refractivity contribution in [1.82, 2.24) is 10.2 Å². The van der Waals surface area contributed by atoms with Crippen LogP contribution in [0.4, 0.5) is 0 Å². The van der Waals surface area contributed by atoms with Gasteiger partial charge in [0.05, 0.1) is 5.54 Å². The van der Waals surface area contributed by atoms with Crippen LogP contribution in [0, 0.1) is 0 Å². The van der Waals surface area contributed by atoms with Gasteiger partial charge in [-0.15, -0.1) is 0 Å². The molecular weight excluding hydrogens is 286 g/mol. The normalized spacial score (nSPS) is 18.1. The van der Waals surface area contributed by atoms with Gasteiger partial charge in [0.1, 0.15) is 17.3 Å². The molecule has 0 radical (unpaired) electrons. The molecule has 1 aliphatic heterocycles. The van der Waals surface area contributed by atoms with Crippen molar-refractivity contribution in [3.63, 3.8) is 0 Å². The van der Waals surface area contributed by atoms with Crippen molar-refractivity contribution in [3.8, 4) is 5.75 Å². The summed E-state index contributed by atoms with van der Waals surface area (Å²) in [6.07, 6.45) is 0. The van der Waals surface area contributed by atoms with E-state index >= 15 is 0 Å². The van der Waals surface area contributed by atoms with E-state index in [1.54, 1.807) is 0 Å². The number of thiocarbonyl (C=S) groups is 1. The highest BCUT2D eigenvalue weighted by Gasteiger charge is 2.37. The quantitative estimate of drug-likeness (QED) is 0.792. The zero-order valence-corrected chi connectivity index (χ0v) is 13.2. The number of piperazine rings is 1. The predicted octanol–water partition coefficient (Wildman–Crippen LogP) is 0.910. The maximum atomic E-state index is 11.8. The van der Waals surface area contributed by atoms with Crippen LogP contribution in [0.15, 0.2) is 24.3 Å². The van der Waals surface area contributed by atoms with Crippen molar-refractivity contribution in [2.75, 3.05) is 26.2 Å². The summed E-state index contributed by atoms with van der Waals surface area (Å²) in [5.74, 6) is 0.837. The van der Waals surface area contributed by atoms with Crippen molar-refractivity contribution in [3.05, 3.63) is 29.8 Å². The number of nitrogens with one attached hydrogen (secondary N) is 1. The van der Waals surface area contributed by atoms with Gasteiger partial charge < -0.3 is 15.8 Å². The summed E-state index contributed by atoms with van der Waals surface area (Å²) in [5, 5.41) is 2.88. The average molecular weight is 307 g/mol. The van der Waals surface area contributed by atoms with Gasteiger partial charge >= 0.3 is 0 Å². The first-order chi connectivity index (χ1) is 9.91. The molecule has 1 amide bonds. The molecule has 114 valence electrons. The summed E-state index contributed by atoms with van der Waals surface area (Å²) >= 11 is 4.91. The van der Waals surface area contributed by atoms with Crippen molar-refractivity contribution in [2.24, 2.45) is 5.73 Å². The fourth-order valence-corrected chi connectivity index (χ4v) is 2.46. The maximum Gasteiger partial charge on any atom is 0.240 e. The van der Waals surface area contributed by atoms with Crippen molar-refractivity contribution in [2.45, 2.75) is 19.4 Å². The fraction of sp³-hybridized carbons (Fsp3) is 0.467. The third kappa shape index (κ3) is 3.71. The molecule has 0 spiro atoms. The van der Waals surface area contributed by atoms with E-state index in [9.17, 15) is 4.79 Å². The molecule has 6 heteroatoms. The highest BCUT2D eigenvalue weighted by molar-refractivity contribution is 7.80. The van der Waals surface area contributed by atoms with Gasteiger partial charge in [0.2, 0.25) is 5.91 Å². The standard InChI is InChI=1S/C15H21N3O2S/c1-15(2)14(19)17-7-8-18(15)9-10-20-12-5-3-11(4-6-12)13(16)21/h3-6H,7-10H2,1-2H3,(H2,16,21)(H,17,19). The maximum absolute atomic E-state index is 11.8. The van der Waals surface area contributed by atoms with Crippen molar-refractivity contribution >= 4 is 23.1 Å². The number of amides is 1. The first kappa shape index (κ1) is 15.7. The van der Waals surface area contributed by atoms with Gasteiger partial charge in [0, 0.05) is 25.2 Å². The number of nitrogens with zero attached hydrogens (tertiary/aromatic N) is 1. The molecule has 1 heterocycles. The van der Waals surface area contributed by atoms with Gasteiger partial charge in [-0.3, -0.25) is 9.69 Å². The third-order valence-corrected chi connectivity index (χ3v) is 4.02. The summed E-state index contributed by atoms with van der Waals surface area (Å²) in [7, 11) is 0. The first-order valence-electron chi connectivity index (χ1n) is 6.97. The zero-order chi connectivity index (χ0) is 15.5. The molecule has 21 heavy (non-hydrogen) atoms.